The molecule has 0 saturated heterocycles. The van der Waals surface area contributed by atoms with Gasteiger partial charge in [0.05, 0.1) is 0 Å². The van der Waals surface area contributed by atoms with Crippen molar-refractivity contribution in [2.24, 2.45) is 0 Å². The molecule has 0 bridgehead atoms. The van der Waals surface area contributed by atoms with Crippen molar-refractivity contribution in [1.82, 2.24) is 0 Å². The van der Waals surface area contributed by atoms with Crippen molar-refractivity contribution in [3.05, 3.63) is 0 Å². The maximum atomic E-state index is 8.96. The molecule has 1 radical (unpaired) electrons. The SMILES string of the molecule is CCC[As](CCO)(CCO)CCO. The number of hydrogen-bond acceptors (Lipinski definition) is 3. The molecular weight excluding hydrogens is 231 g/mol. The van der Waals surface area contributed by atoms with Gasteiger partial charge in [0, 0.05) is 0 Å². The topological polar surface area (TPSA) is 60.7 Å². The van der Waals surface area contributed by atoms with Crippen molar-refractivity contribution >= 4 is 13.6 Å². The van der Waals surface area contributed by atoms with Crippen LogP contribution in [0, 0.1) is 0 Å². The van der Waals surface area contributed by atoms with Gasteiger partial charge in [-0.05, 0) is 0 Å². The Morgan fingerprint density at radius 1 is 0.769 bits per heavy atom. The van der Waals surface area contributed by atoms with Gasteiger partial charge in [0.15, 0.2) is 0 Å². The average molecular weight is 253 g/mol. The zero-order valence-corrected chi connectivity index (χ0v) is 10.3. The van der Waals surface area contributed by atoms with Crippen LogP contribution in [0.1, 0.15) is 13.3 Å². The molecule has 0 heterocycles. The molecule has 0 amide bonds. The Kier molecular flexibility index (Phi) is 8.07. The van der Waals surface area contributed by atoms with Crippen LogP contribution in [-0.4, -0.2) is 48.7 Å². The summed E-state index contributed by atoms with van der Waals surface area (Å²) in [6.07, 6.45) is 1.10. The Bertz CT molecular complexity index is 89.9. The molecule has 0 aliphatic carbocycles. The predicted octanol–water partition coefficient (Wildman–Crippen LogP) is 0.822. The fourth-order valence-electron chi connectivity index (χ4n) is 1.78. The summed E-state index contributed by atoms with van der Waals surface area (Å²) in [5.41, 5.74) is 0. The summed E-state index contributed by atoms with van der Waals surface area (Å²) >= 11 is -1.90. The van der Waals surface area contributed by atoms with Crippen LogP contribution >= 0.6 is 0 Å². The molecule has 0 aromatic carbocycles. The molecule has 0 aliphatic heterocycles. The molecule has 0 saturated carbocycles. The van der Waals surface area contributed by atoms with Gasteiger partial charge in [-0.25, -0.2) is 0 Å². The maximum absolute atomic E-state index is 8.96. The quantitative estimate of drug-likeness (QED) is 0.561. The molecule has 13 heavy (non-hydrogen) atoms. The average Bonchev–Trinajstić information content (AvgIpc) is 2.06. The van der Waals surface area contributed by atoms with Crippen molar-refractivity contribution < 1.29 is 15.3 Å². The van der Waals surface area contributed by atoms with Gasteiger partial charge in [0.25, 0.3) is 0 Å². The first-order valence-corrected chi connectivity index (χ1v) is 10.2. The van der Waals surface area contributed by atoms with Gasteiger partial charge in [0.1, 0.15) is 0 Å². The zero-order chi connectivity index (χ0) is 10.2. The van der Waals surface area contributed by atoms with E-state index in [2.05, 4.69) is 6.92 Å². The second-order valence-electron chi connectivity index (χ2n) is 3.41. The standard InChI is InChI=1S/C9H22AsO3/c1-2-3-10(4-7-11,5-8-12)6-9-13/h11-13H,2-9H2,1H3. The first-order chi connectivity index (χ1) is 6.24. The van der Waals surface area contributed by atoms with Gasteiger partial charge in [-0.1, -0.05) is 0 Å². The second-order valence-corrected chi connectivity index (χ2v) is 12.8. The van der Waals surface area contributed by atoms with Gasteiger partial charge in [-0.3, -0.25) is 0 Å². The Morgan fingerprint density at radius 3 is 1.38 bits per heavy atom. The van der Waals surface area contributed by atoms with Gasteiger partial charge >= 0.3 is 82.9 Å². The molecule has 81 valence electrons. The van der Waals surface area contributed by atoms with Crippen molar-refractivity contribution in [1.29, 1.82) is 0 Å². The van der Waals surface area contributed by atoms with E-state index < -0.39 is 13.6 Å². The van der Waals surface area contributed by atoms with Crippen LogP contribution in [-0.2, 0) is 0 Å². The number of aliphatic hydroxyl groups excluding tert-OH is 3. The monoisotopic (exact) mass is 253 g/mol. The molecule has 4 heteroatoms. The third kappa shape index (κ3) is 5.02. The fraction of sp³-hybridized carbons (Fsp3) is 1.00. The summed E-state index contributed by atoms with van der Waals surface area (Å²) in [6.45, 7) is 2.77. The van der Waals surface area contributed by atoms with Crippen molar-refractivity contribution in [3.8, 4) is 0 Å². The molecule has 0 rings (SSSR count). The van der Waals surface area contributed by atoms with Crippen molar-refractivity contribution in [2.45, 2.75) is 34.2 Å². The van der Waals surface area contributed by atoms with E-state index in [1.807, 2.05) is 0 Å². The van der Waals surface area contributed by atoms with Crippen LogP contribution in [0.4, 0.5) is 0 Å². The minimum atomic E-state index is -1.90. The first kappa shape index (κ1) is 13.4. The molecule has 3 nitrogen and oxygen atoms in total. The van der Waals surface area contributed by atoms with Gasteiger partial charge in [0.2, 0.25) is 0 Å². The van der Waals surface area contributed by atoms with Crippen LogP contribution in [0.25, 0.3) is 0 Å². The Balaban J connectivity index is 4.19. The van der Waals surface area contributed by atoms with Crippen LogP contribution in [0.2, 0.25) is 20.8 Å². The molecular formula is C9H22AsO3. The van der Waals surface area contributed by atoms with Crippen LogP contribution < -0.4 is 0 Å². The van der Waals surface area contributed by atoms with Gasteiger partial charge < -0.3 is 0 Å². The van der Waals surface area contributed by atoms with Crippen molar-refractivity contribution in [3.63, 3.8) is 0 Å². The summed E-state index contributed by atoms with van der Waals surface area (Å²) in [5, 5.41) is 30.6. The van der Waals surface area contributed by atoms with Crippen molar-refractivity contribution in [2.75, 3.05) is 19.8 Å². The molecule has 0 aromatic rings. The molecule has 3 N–H and O–H groups in total. The van der Waals surface area contributed by atoms with E-state index in [0.717, 1.165) is 27.3 Å². The van der Waals surface area contributed by atoms with E-state index in [-0.39, 0.29) is 19.8 Å². The van der Waals surface area contributed by atoms with E-state index in [1.165, 1.54) is 0 Å². The summed E-state index contributed by atoms with van der Waals surface area (Å²) in [4.78, 5) is 0. The Labute approximate surface area is 83.2 Å². The molecule has 0 aromatic heterocycles. The molecule has 0 fully saturated rings. The van der Waals surface area contributed by atoms with E-state index in [0.29, 0.717) is 0 Å². The number of hydrogen-bond donors (Lipinski definition) is 3. The Hall–Kier alpha value is 0.438. The van der Waals surface area contributed by atoms with E-state index in [9.17, 15) is 0 Å². The summed E-state index contributed by atoms with van der Waals surface area (Å²) in [6, 6.07) is 0. The summed E-state index contributed by atoms with van der Waals surface area (Å²) in [7, 11) is 0. The Morgan fingerprint density at radius 2 is 1.15 bits per heavy atom. The third-order valence-corrected chi connectivity index (χ3v) is 12.6. The normalized spacial score (nSPS) is 12.0. The third-order valence-electron chi connectivity index (χ3n) is 2.42. The molecule has 0 aliphatic rings. The first-order valence-electron chi connectivity index (χ1n) is 4.92. The van der Waals surface area contributed by atoms with Crippen LogP contribution in [0.5, 0.6) is 0 Å². The number of aliphatic hydroxyl groups is 3. The molecule has 0 spiro atoms. The van der Waals surface area contributed by atoms with E-state index in [1.54, 1.807) is 0 Å². The van der Waals surface area contributed by atoms with E-state index in [4.69, 9.17) is 15.3 Å². The minimum absolute atomic E-state index is 0.215. The second kappa shape index (κ2) is 7.81. The van der Waals surface area contributed by atoms with Crippen LogP contribution in [0.3, 0.4) is 0 Å². The summed E-state index contributed by atoms with van der Waals surface area (Å²) in [5.74, 6) is 0. The molecule has 0 unspecified atom stereocenters. The van der Waals surface area contributed by atoms with E-state index >= 15 is 0 Å². The summed E-state index contributed by atoms with van der Waals surface area (Å²) < 4.78 is 0. The molecule has 0 atom stereocenters. The van der Waals surface area contributed by atoms with Crippen LogP contribution in [0.15, 0.2) is 0 Å². The zero-order valence-electron chi connectivity index (χ0n) is 8.45. The van der Waals surface area contributed by atoms with Gasteiger partial charge in [-0.15, -0.1) is 0 Å². The fourth-order valence-corrected chi connectivity index (χ4v) is 9.26. The number of rotatable bonds is 8. The predicted molar refractivity (Wildman–Crippen MR) is 56.5 cm³/mol. The van der Waals surface area contributed by atoms with Gasteiger partial charge in [-0.2, -0.15) is 0 Å².